The van der Waals surface area contributed by atoms with Gasteiger partial charge in [0.05, 0.1) is 25.7 Å². The van der Waals surface area contributed by atoms with Crippen molar-refractivity contribution in [3.8, 4) is 11.5 Å². The number of likely N-dealkylation sites (tertiary alicyclic amines) is 1. The van der Waals surface area contributed by atoms with Crippen LogP contribution in [-0.4, -0.2) is 97.1 Å². The highest BCUT2D eigenvalue weighted by Gasteiger charge is 2.35. The first-order valence-corrected chi connectivity index (χ1v) is 25.5. The maximum absolute atomic E-state index is 12.8. The molecule has 0 aliphatic carbocycles. The van der Waals surface area contributed by atoms with Gasteiger partial charge in [-0.2, -0.15) is 0 Å². The lowest BCUT2D eigenvalue weighted by molar-refractivity contribution is 0.0111. The van der Waals surface area contributed by atoms with Crippen LogP contribution in [0.1, 0.15) is 88.4 Å². The van der Waals surface area contributed by atoms with E-state index in [1.54, 1.807) is 35.2 Å². The Balaban J connectivity index is 0.000000220. The van der Waals surface area contributed by atoms with Gasteiger partial charge in [-0.25, -0.2) is 21.6 Å². The van der Waals surface area contributed by atoms with Crippen LogP contribution in [0.5, 0.6) is 11.5 Å². The zero-order valence-corrected chi connectivity index (χ0v) is 40.2. The molecule has 2 fully saturated rings. The molecule has 4 aliphatic rings. The lowest BCUT2D eigenvalue weighted by atomic mass is 9.81. The Kier molecular flexibility index (Phi) is 15.8. The Morgan fingerprint density at radius 2 is 1.17 bits per heavy atom. The lowest BCUT2D eigenvalue weighted by Crippen LogP contribution is -2.46. The van der Waals surface area contributed by atoms with Crippen LogP contribution in [-0.2, 0) is 37.9 Å². The van der Waals surface area contributed by atoms with Crippen molar-refractivity contribution in [2.45, 2.75) is 64.1 Å². The van der Waals surface area contributed by atoms with Crippen molar-refractivity contribution in [3.63, 3.8) is 0 Å². The first-order chi connectivity index (χ1) is 30.8. The Morgan fingerprint density at radius 3 is 1.64 bits per heavy atom. The fraction of sp³-hybridized carbons (Fsp3) is 0.426. The molecular weight excluding hydrogens is 908 g/mol. The quantitative estimate of drug-likeness (QED) is 0.108. The molecule has 4 aromatic rings. The largest absolute Gasteiger partial charge is 0.493 e. The monoisotopic (exact) mass is 966 g/mol. The summed E-state index contributed by atoms with van der Waals surface area (Å²) in [6, 6.07) is 26.0. The van der Waals surface area contributed by atoms with E-state index in [9.17, 15) is 31.2 Å². The second-order valence-electron chi connectivity index (χ2n) is 18.1. The number of hydrogen-bond acceptors (Lipinski definition) is 11. The molecule has 0 radical (unpaired) electrons. The first kappa shape index (κ1) is 49.9. The summed E-state index contributed by atoms with van der Waals surface area (Å²) in [7, 11) is -6.64. The molecule has 19 heteroatoms. The summed E-state index contributed by atoms with van der Waals surface area (Å²) >= 11 is 0. The Hall–Kier alpha value is -5.56. The molecule has 0 spiro atoms. The van der Waals surface area contributed by atoms with Gasteiger partial charge in [-0.1, -0.05) is 36.4 Å². The van der Waals surface area contributed by atoms with E-state index in [0.717, 1.165) is 48.7 Å². The van der Waals surface area contributed by atoms with Crippen LogP contribution in [0.25, 0.3) is 0 Å². The lowest BCUT2D eigenvalue weighted by Gasteiger charge is -2.39. The van der Waals surface area contributed by atoms with Gasteiger partial charge in [0, 0.05) is 67.1 Å². The predicted octanol–water partition coefficient (Wildman–Crippen LogP) is 6.22. The number of hydrogen-bond donors (Lipinski definition) is 5. The topological polar surface area (TPSA) is 211 Å². The maximum atomic E-state index is 12.8. The van der Waals surface area contributed by atoms with Gasteiger partial charge in [0.1, 0.15) is 17.1 Å². The molecule has 3 amide bonds. The number of piperidine rings is 2. The SMILES string of the molecule is CC(C)(C)OC(=O)N1CC[C@@H](c2ccc(NS(C)(=O)=O)cc2)[C@H](COc2ccc3c(c2)C(=O)NC3)C1.CS(=O)(=O)Nc1ccc([C@@H]2CCNC[C@H]2COc2ccc3c(c2)C(=O)NC3)cc1.Cl. The van der Waals surface area contributed by atoms with Crippen LogP contribution in [0.15, 0.2) is 84.9 Å². The van der Waals surface area contributed by atoms with Gasteiger partial charge in [-0.15, -0.1) is 12.4 Å². The number of sulfonamides is 2. The smallest absolute Gasteiger partial charge is 0.410 e. The Labute approximate surface area is 393 Å². The summed E-state index contributed by atoms with van der Waals surface area (Å²) in [5.74, 6) is 1.80. The van der Waals surface area contributed by atoms with Crippen molar-refractivity contribution >= 4 is 61.7 Å². The van der Waals surface area contributed by atoms with Crippen LogP contribution in [0.2, 0.25) is 0 Å². The molecule has 4 aliphatic heterocycles. The maximum Gasteiger partial charge on any atom is 0.410 e. The van der Waals surface area contributed by atoms with E-state index in [1.807, 2.05) is 75.4 Å². The van der Waals surface area contributed by atoms with Gasteiger partial charge in [-0.05, 0) is 123 Å². The number of rotatable bonds is 12. The Bertz CT molecular complexity index is 2610. The number of ether oxygens (including phenoxy) is 3. The molecule has 4 aromatic carbocycles. The average molecular weight is 968 g/mol. The summed E-state index contributed by atoms with van der Waals surface area (Å²) in [5, 5.41) is 9.05. The zero-order valence-electron chi connectivity index (χ0n) is 37.7. The van der Waals surface area contributed by atoms with Gasteiger partial charge in [0.25, 0.3) is 11.8 Å². The minimum Gasteiger partial charge on any atom is -0.493 e. The van der Waals surface area contributed by atoms with E-state index < -0.39 is 25.6 Å². The average Bonchev–Trinajstić information content (AvgIpc) is 3.81. The Morgan fingerprint density at radius 1 is 0.697 bits per heavy atom. The molecule has 356 valence electrons. The second-order valence-corrected chi connectivity index (χ2v) is 21.6. The summed E-state index contributed by atoms with van der Waals surface area (Å²) < 4.78 is 68.6. The molecule has 16 nitrogen and oxygen atoms in total. The van der Waals surface area contributed by atoms with Crippen LogP contribution in [0.4, 0.5) is 16.2 Å². The van der Waals surface area contributed by atoms with Crippen molar-refractivity contribution in [2.75, 3.05) is 61.3 Å². The molecule has 0 bridgehead atoms. The van der Waals surface area contributed by atoms with Crippen LogP contribution >= 0.6 is 12.4 Å². The van der Waals surface area contributed by atoms with Crippen molar-refractivity contribution < 1.29 is 45.4 Å². The van der Waals surface area contributed by atoms with Crippen LogP contribution < -0.4 is 34.9 Å². The minimum atomic E-state index is -3.36. The van der Waals surface area contributed by atoms with E-state index in [-0.39, 0.29) is 48.1 Å². The highest BCUT2D eigenvalue weighted by molar-refractivity contribution is 7.92. The predicted molar refractivity (Wildman–Crippen MR) is 256 cm³/mol. The van der Waals surface area contributed by atoms with Gasteiger partial charge in [-0.3, -0.25) is 19.0 Å². The van der Waals surface area contributed by atoms with Gasteiger partial charge in [0.15, 0.2) is 0 Å². The summed E-state index contributed by atoms with van der Waals surface area (Å²) in [6.45, 7) is 10.3. The third-order valence-electron chi connectivity index (χ3n) is 11.7. The number of nitrogens with one attached hydrogen (secondary N) is 5. The number of anilines is 2. The number of nitrogens with zero attached hydrogens (tertiary/aromatic N) is 1. The fourth-order valence-corrected chi connectivity index (χ4v) is 9.79. The summed E-state index contributed by atoms with van der Waals surface area (Å²) in [5.41, 5.74) is 5.95. The number of carbonyl (C=O) groups excluding carboxylic acids is 3. The molecule has 8 rings (SSSR count). The van der Waals surface area contributed by atoms with Crippen molar-refractivity contribution in [2.24, 2.45) is 11.8 Å². The van der Waals surface area contributed by atoms with Crippen molar-refractivity contribution in [1.29, 1.82) is 0 Å². The van der Waals surface area contributed by atoms with Crippen molar-refractivity contribution in [1.82, 2.24) is 20.9 Å². The number of halogens is 1. The third-order valence-corrected chi connectivity index (χ3v) is 12.9. The molecule has 0 saturated carbocycles. The van der Waals surface area contributed by atoms with E-state index in [2.05, 4.69) is 25.4 Å². The molecule has 5 N–H and O–H groups in total. The van der Waals surface area contributed by atoms with Crippen molar-refractivity contribution in [3.05, 3.63) is 118 Å². The molecule has 4 heterocycles. The standard InChI is InChI=1S/C26H33N3O6S.C21H25N3O4S.ClH/c1-26(2,3)35-25(31)29-12-11-22(17-5-8-20(9-6-17)28-36(4,32)33)19(15-29)16-34-21-10-7-18-14-27-24(30)23(18)13-21;1-29(26,27)24-17-5-2-14(3-6-17)19-8-9-22-11-16(19)13-28-18-7-4-15-12-23-21(25)20(15)10-18;/h5-10,13,19,22,28H,11-12,14-16H2,1-4H3,(H,27,30);2-7,10,16,19,22,24H,8-9,11-13H2,1H3,(H,23,25);1H/t19-,22-;16-,19-;/m00./s1. The third kappa shape index (κ3) is 13.5. The van der Waals surface area contributed by atoms with Gasteiger partial charge >= 0.3 is 6.09 Å². The highest BCUT2D eigenvalue weighted by atomic mass is 35.5. The zero-order chi connectivity index (χ0) is 46.5. The molecular formula is C47H59ClN6O10S2. The minimum absolute atomic E-state index is 0. The van der Waals surface area contributed by atoms with Crippen LogP contribution in [0, 0.1) is 11.8 Å². The first-order valence-electron chi connectivity index (χ1n) is 21.7. The number of fused-ring (bicyclic) bond motifs is 2. The number of benzene rings is 4. The molecule has 2 saturated heterocycles. The normalized spacial score (nSPS) is 20.2. The number of carbonyl (C=O) groups is 3. The van der Waals surface area contributed by atoms with E-state index in [0.29, 0.717) is 85.7 Å². The summed E-state index contributed by atoms with van der Waals surface area (Å²) in [6.07, 6.45) is 3.60. The molecule has 4 atom stereocenters. The molecule has 0 unspecified atom stereocenters. The second kappa shape index (κ2) is 20.9. The molecule has 0 aromatic heterocycles. The highest BCUT2D eigenvalue weighted by Crippen LogP contribution is 2.36. The fourth-order valence-electron chi connectivity index (χ4n) is 8.66. The summed E-state index contributed by atoms with van der Waals surface area (Å²) in [4.78, 5) is 38.4. The van der Waals surface area contributed by atoms with E-state index in [4.69, 9.17) is 14.2 Å². The van der Waals surface area contributed by atoms with Gasteiger partial charge < -0.3 is 35.1 Å². The molecule has 66 heavy (non-hydrogen) atoms. The van der Waals surface area contributed by atoms with Gasteiger partial charge in [0.2, 0.25) is 20.0 Å². The van der Waals surface area contributed by atoms with Crippen LogP contribution in [0.3, 0.4) is 0 Å². The van der Waals surface area contributed by atoms with E-state index >= 15 is 0 Å². The van der Waals surface area contributed by atoms with E-state index in [1.165, 1.54) is 5.56 Å². The number of amides is 3.